The molecule has 2 rings (SSSR count). The van der Waals surface area contributed by atoms with Gasteiger partial charge in [-0.2, -0.15) is 0 Å². The van der Waals surface area contributed by atoms with Crippen LogP contribution in [0, 0.1) is 0 Å². The van der Waals surface area contributed by atoms with Crippen molar-refractivity contribution in [1.82, 2.24) is 4.98 Å². The smallest absolute Gasteiger partial charge is 0.293 e. The molecule has 1 heterocycles. The average Bonchev–Trinajstić information content (AvgIpc) is 2.87. The molecule has 0 aliphatic carbocycles. The third kappa shape index (κ3) is 3.68. The summed E-state index contributed by atoms with van der Waals surface area (Å²) in [5.74, 6) is -0.239. The molecule has 1 aromatic heterocycles. The third-order valence-electron chi connectivity index (χ3n) is 2.79. The van der Waals surface area contributed by atoms with E-state index >= 15 is 0 Å². The van der Waals surface area contributed by atoms with Crippen LogP contribution in [0.1, 0.15) is 42.9 Å². The molecule has 2 amide bonds. The lowest BCUT2D eigenvalue weighted by molar-refractivity contribution is -0.114. The summed E-state index contributed by atoms with van der Waals surface area (Å²) in [5.41, 5.74) is 1.80. The fourth-order valence-electron chi connectivity index (χ4n) is 1.90. The lowest BCUT2D eigenvalue weighted by Gasteiger charge is -2.08. The van der Waals surface area contributed by atoms with E-state index in [1.54, 1.807) is 24.3 Å². The van der Waals surface area contributed by atoms with Gasteiger partial charge in [-0.15, -0.1) is 0 Å². The Balaban J connectivity index is 2.16. The van der Waals surface area contributed by atoms with Crippen molar-refractivity contribution in [2.75, 3.05) is 10.6 Å². The zero-order valence-electron chi connectivity index (χ0n) is 12.1. The van der Waals surface area contributed by atoms with Gasteiger partial charge in [-0.25, -0.2) is 4.98 Å². The van der Waals surface area contributed by atoms with E-state index in [4.69, 9.17) is 4.42 Å². The van der Waals surface area contributed by atoms with Crippen molar-refractivity contribution in [2.45, 2.75) is 26.7 Å². The van der Waals surface area contributed by atoms with Crippen LogP contribution in [0.3, 0.4) is 0 Å². The van der Waals surface area contributed by atoms with Gasteiger partial charge in [-0.3, -0.25) is 9.59 Å². The molecule has 2 aromatic rings. The van der Waals surface area contributed by atoms with Crippen LogP contribution in [0.15, 0.2) is 35.1 Å². The Labute approximate surface area is 122 Å². The highest BCUT2D eigenvalue weighted by Crippen LogP contribution is 2.20. The summed E-state index contributed by atoms with van der Waals surface area (Å²) in [4.78, 5) is 27.3. The molecule has 0 fully saturated rings. The van der Waals surface area contributed by atoms with Crippen LogP contribution in [0.25, 0.3) is 0 Å². The lowest BCUT2D eigenvalue weighted by Crippen LogP contribution is -2.14. The SMILES string of the molecule is CC(=O)Nc1cccc(NC(=O)c2ocnc2C(C)C)c1. The van der Waals surface area contributed by atoms with Crippen molar-refractivity contribution in [3.63, 3.8) is 0 Å². The van der Waals surface area contributed by atoms with Crippen molar-refractivity contribution in [1.29, 1.82) is 0 Å². The van der Waals surface area contributed by atoms with Crippen molar-refractivity contribution >= 4 is 23.2 Å². The summed E-state index contributed by atoms with van der Waals surface area (Å²) in [5, 5.41) is 5.39. The number of hydrogen-bond acceptors (Lipinski definition) is 4. The fourth-order valence-corrected chi connectivity index (χ4v) is 1.90. The Morgan fingerprint density at radius 3 is 2.48 bits per heavy atom. The zero-order chi connectivity index (χ0) is 15.4. The molecule has 6 nitrogen and oxygen atoms in total. The maximum atomic E-state index is 12.2. The molecule has 6 heteroatoms. The third-order valence-corrected chi connectivity index (χ3v) is 2.79. The topological polar surface area (TPSA) is 84.2 Å². The van der Waals surface area contributed by atoms with E-state index in [0.717, 1.165) is 0 Å². The fraction of sp³-hybridized carbons (Fsp3) is 0.267. The summed E-state index contributed by atoms with van der Waals surface area (Å²) in [6.45, 7) is 5.30. The summed E-state index contributed by atoms with van der Waals surface area (Å²) in [6.07, 6.45) is 1.26. The van der Waals surface area contributed by atoms with E-state index in [-0.39, 0.29) is 23.5 Å². The van der Waals surface area contributed by atoms with Gasteiger partial charge in [-0.05, 0) is 24.1 Å². The Morgan fingerprint density at radius 1 is 1.19 bits per heavy atom. The van der Waals surface area contributed by atoms with Gasteiger partial charge in [0.15, 0.2) is 6.39 Å². The van der Waals surface area contributed by atoms with Gasteiger partial charge in [0.2, 0.25) is 11.7 Å². The molecule has 110 valence electrons. The second-order valence-electron chi connectivity index (χ2n) is 4.94. The van der Waals surface area contributed by atoms with Crippen LogP contribution in [0.2, 0.25) is 0 Å². The van der Waals surface area contributed by atoms with Crippen molar-refractivity contribution in [2.24, 2.45) is 0 Å². The highest BCUT2D eigenvalue weighted by molar-refractivity contribution is 6.03. The summed E-state index contributed by atoms with van der Waals surface area (Å²) in [6, 6.07) is 6.88. The molecule has 0 bridgehead atoms. The predicted octanol–water partition coefficient (Wildman–Crippen LogP) is 3.01. The van der Waals surface area contributed by atoms with Crippen LogP contribution < -0.4 is 10.6 Å². The number of nitrogens with one attached hydrogen (secondary N) is 2. The van der Waals surface area contributed by atoms with Gasteiger partial charge in [0.1, 0.15) is 0 Å². The van der Waals surface area contributed by atoms with Crippen LogP contribution in [0.5, 0.6) is 0 Å². The Hall–Kier alpha value is -2.63. The minimum atomic E-state index is -0.365. The van der Waals surface area contributed by atoms with Gasteiger partial charge < -0.3 is 15.1 Å². The molecule has 0 saturated carbocycles. The number of benzene rings is 1. The highest BCUT2D eigenvalue weighted by Gasteiger charge is 2.19. The predicted molar refractivity (Wildman–Crippen MR) is 79.3 cm³/mol. The summed E-state index contributed by atoms with van der Waals surface area (Å²) < 4.78 is 5.16. The average molecular weight is 287 g/mol. The summed E-state index contributed by atoms with van der Waals surface area (Å²) in [7, 11) is 0. The largest absolute Gasteiger partial charge is 0.438 e. The van der Waals surface area contributed by atoms with Crippen LogP contribution >= 0.6 is 0 Å². The summed E-state index contributed by atoms with van der Waals surface area (Å²) >= 11 is 0. The minimum Gasteiger partial charge on any atom is -0.438 e. The first-order valence-corrected chi connectivity index (χ1v) is 6.59. The first-order chi connectivity index (χ1) is 9.97. The maximum absolute atomic E-state index is 12.2. The van der Waals surface area contributed by atoms with E-state index in [2.05, 4.69) is 15.6 Å². The zero-order valence-corrected chi connectivity index (χ0v) is 12.1. The van der Waals surface area contributed by atoms with E-state index in [0.29, 0.717) is 17.1 Å². The molecule has 2 N–H and O–H groups in total. The monoisotopic (exact) mass is 287 g/mol. The number of hydrogen-bond donors (Lipinski definition) is 2. The molecule has 0 radical (unpaired) electrons. The van der Waals surface area contributed by atoms with Gasteiger partial charge >= 0.3 is 0 Å². The van der Waals surface area contributed by atoms with Crippen LogP contribution in [0.4, 0.5) is 11.4 Å². The first kappa shape index (κ1) is 14.8. The van der Waals surface area contributed by atoms with E-state index in [9.17, 15) is 9.59 Å². The maximum Gasteiger partial charge on any atom is 0.293 e. The number of rotatable bonds is 4. The number of oxazole rings is 1. The molecule has 0 spiro atoms. The lowest BCUT2D eigenvalue weighted by atomic mass is 10.1. The van der Waals surface area contributed by atoms with Crippen molar-refractivity contribution in [3.05, 3.63) is 42.1 Å². The van der Waals surface area contributed by atoms with E-state index in [1.807, 2.05) is 13.8 Å². The van der Waals surface area contributed by atoms with Gasteiger partial charge in [0.25, 0.3) is 5.91 Å². The minimum absolute atomic E-state index is 0.0928. The number of anilines is 2. The number of aromatic nitrogens is 1. The normalized spacial score (nSPS) is 10.5. The first-order valence-electron chi connectivity index (χ1n) is 6.59. The van der Waals surface area contributed by atoms with Crippen molar-refractivity contribution in [3.8, 4) is 0 Å². The quantitative estimate of drug-likeness (QED) is 0.905. The second kappa shape index (κ2) is 6.21. The number of amides is 2. The van der Waals surface area contributed by atoms with Gasteiger partial charge in [0.05, 0.1) is 5.69 Å². The molecule has 0 aliphatic heterocycles. The number of nitrogens with zero attached hydrogens (tertiary/aromatic N) is 1. The molecule has 0 unspecified atom stereocenters. The second-order valence-corrected chi connectivity index (χ2v) is 4.94. The van der Waals surface area contributed by atoms with Crippen LogP contribution in [-0.2, 0) is 4.79 Å². The van der Waals surface area contributed by atoms with Gasteiger partial charge in [-0.1, -0.05) is 19.9 Å². The highest BCUT2D eigenvalue weighted by atomic mass is 16.3. The molecular formula is C15H17N3O3. The van der Waals surface area contributed by atoms with Crippen molar-refractivity contribution < 1.29 is 14.0 Å². The van der Waals surface area contributed by atoms with Crippen LogP contribution in [-0.4, -0.2) is 16.8 Å². The molecule has 0 aliphatic rings. The Kier molecular flexibility index (Phi) is 4.37. The molecule has 0 atom stereocenters. The van der Waals surface area contributed by atoms with E-state index in [1.165, 1.54) is 13.3 Å². The van der Waals surface area contributed by atoms with E-state index < -0.39 is 0 Å². The molecular weight excluding hydrogens is 270 g/mol. The van der Waals surface area contributed by atoms with Gasteiger partial charge in [0, 0.05) is 18.3 Å². The molecule has 1 aromatic carbocycles. The molecule has 21 heavy (non-hydrogen) atoms. The Morgan fingerprint density at radius 2 is 1.86 bits per heavy atom. The number of carbonyl (C=O) groups excluding carboxylic acids is 2. The number of carbonyl (C=O) groups is 2. The standard InChI is InChI=1S/C15H17N3O3/c1-9(2)13-14(21-8-16-13)15(20)18-12-6-4-5-11(7-12)17-10(3)19/h4-9H,1-3H3,(H,17,19)(H,18,20). The molecule has 0 saturated heterocycles. The Bertz CT molecular complexity index is 662.